The third-order valence-electron chi connectivity index (χ3n) is 8.61. The largest absolute Gasteiger partial charge is 0.461 e. The summed E-state index contributed by atoms with van der Waals surface area (Å²) in [5, 5.41) is 10.8. The van der Waals surface area contributed by atoms with Gasteiger partial charge in [-0.2, -0.15) is 0 Å². The van der Waals surface area contributed by atoms with Crippen molar-refractivity contribution >= 4 is 47.1 Å². The zero-order valence-electron chi connectivity index (χ0n) is 33.4. The van der Waals surface area contributed by atoms with Gasteiger partial charge in [-0.1, -0.05) is 46.8 Å². The molecule has 1 heterocycles. The highest BCUT2D eigenvalue weighted by molar-refractivity contribution is 6.13. The van der Waals surface area contributed by atoms with Crippen molar-refractivity contribution in [1.29, 1.82) is 0 Å². The Morgan fingerprint density at radius 3 is 1.75 bits per heavy atom. The summed E-state index contributed by atoms with van der Waals surface area (Å²) in [5.41, 5.74) is 1.29. The molecule has 0 aliphatic carbocycles. The molecule has 312 valence electrons. The minimum Gasteiger partial charge on any atom is -0.461 e. The summed E-state index contributed by atoms with van der Waals surface area (Å²) < 4.78 is 27.1. The molecule has 0 saturated heterocycles. The number of hydrogen-bond donors (Lipinski definition) is 4. The van der Waals surface area contributed by atoms with Crippen LogP contribution in [0.3, 0.4) is 0 Å². The summed E-state index contributed by atoms with van der Waals surface area (Å²) in [6.45, 7) is 13.6. The van der Waals surface area contributed by atoms with Gasteiger partial charge in [-0.25, -0.2) is 0 Å². The summed E-state index contributed by atoms with van der Waals surface area (Å²) in [6.07, 6.45) is 2.40. The Kier molecular flexibility index (Phi) is 22.2. The second-order valence-corrected chi connectivity index (χ2v) is 13.8. The lowest BCUT2D eigenvalue weighted by Crippen LogP contribution is -2.53. The SMILES string of the molecule is CC(C)C(C)C(=O)OCc1ccc(NC(=O)[C@@H](C)NC(=O)[C@H](NC(=O)CCOCCOCCOCCOCCNC(=O)CCN2C(=O)C=CC2=O)C(C)C)cc1. The predicted octanol–water partition coefficient (Wildman–Crippen LogP) is 1.49. The number of ether oxygens (including phenoxy) is 5. The van der Waals surface area contributed by atoms with Gasteiger partial charge in [0.25, 0.3) is 11.8 Å². The molecular formula is C39H59N5O12. The zero-order valence-corrected chi connectivity index (χ0v) is 33.4. The number of carbonyl (C=O) groups excluding carboxylic acids is 7. The Hall–Kier alpha value is -4.71. The first-order chi connectivity index (χ1) is 26.7. The van der Waals surface area contributed by atoms with Crippen LogP contribution in [0.1, 0.15) is 59.9 Å². The highest BCUT2D eigenvalue weighted by atomic mass is 16.6. The van der Waals surface area contributed by atoms with E-state index in [0.29, 0.717) is 38.7 Å². The van der Waals surface area contributed by atoms with Crippen molar-refractivity contribution in [2.24, 2.45) is 17.8 Å². The lowest BCUT2D eigenvalue weighted by atomic mass is 9.99. The van der Waals surface area contributed by atoms with Crippen LogP contribution in [0.15, 0.2) is 36.4 Å². The molecule has 0 fully saturated rings. The molecule has 0 saturated carbocycles. The maximum absolute atomic E-state index is 13.0. The molecular weight excluding hydrogens is 730 g/mol. The van der Waals surface area contributed by atoms with Crippen LogP contribution < -0.4 is 21.3 Å². The molecule has 17 nitrogen and oxygen atoms in total. The van der Waals surface area contributed by atoms with Crippen LogP contribution in [0, 0.1) is 17.8 Å². The lowest BCUT2D eigenvalue weighted by Gasteiger charge is -2.24. The average Bonchev–Trinajstić information content (AvgIpc) is 3.48. The maximum Gasteiger partial charge on any atom is 0.309 e. The Bertz CT molecular complexity index is 1450. The smallest absolute Gasteiger partial charge is 0.309 e. The topological polar surface area (TPSA) is 217 Å². The van der Waals surface area contributed by atoms with E-state index in [1.54, 1.807) is 45.0 Å². The maximum atomic E-state index is 13.0. The van der Waals surface area contributed by atoms with Crippen LogP contribution in [0.2, 0.25) is 0 Å². The highest BCUT2D eigenvalue weighted by Crippen LogP contribution is 2.15. The van der Waals surface area contributed by atoms with E-state index in [4.69, 9.17) is 23.7 Å². The van der Waals surface area contributed by atoms with Gasteiger partial charge in [0.15, 0.2) is 0 Å². The minimum atomic E-state index is -0.883. The van der Waals surface area contributed by atoms with E-state index in [0.717, 1.165) is 10.5 Å². The standard InChI is InChI=1S/C39H59N5O12/c1-26(2)28(5)39(51)56-25-30-7-9-31(10-8-30)42-37(49)29(6)41-38(50)36(27(3)4)43-33(46)14-17-52-19-21-54-23-24-55-22-20-53-18-15-40-32(45)13-16-44-34(47)11-12-35(44)48/h7-12,26-29,36H,13-25H2,1-6H3,(H,40,45)(H,41,50)(H,42,49)(H,43,46)/t28?,29-,36-/m1/s1. The normalized spacial score (nSPS) is 14.1. The monoisotopic (exact) mass is 789 g/mol. The van der Waals surface area contributed by atoms with E-state index in [9.17, 15) is 33.6 Å². The van der Waals surface area contributed by atoms with E-state index >= 15 is 0 Å². The molecule has 0 aromatic heterocycles. The van der Waals surface area contributed by atoms with Gasteiger partial charge in [-0.05, 0) is 36.5 Å². The van der Waals surface area contributed by atoms with Gasteiger partial charge in [0.1, 0.15) is 18.7 Å². The second kappa shape index (κ2) is 26.2. The van der Waals surface area contributed by atoms with Gasteiger partial charge < -0.3 is 45.0 Å². The number of imide groups is 1. The van der Waals surface area contributed by atoms with Crippen molar-refractivity contribution in [3.05, 3.63) is 42.0 Å². The highest BCUT2D eigenvalue weighted by Gasteiger charge is 2.27. The number of nitrogens with one attached hydrogen (secondary N) is 4. The van der Waals surface area contributed by atoms with E-state index in [1.807, 2.05) is 20.8 Å². The third-order valence-corrected chi connectivity index (χ3v) is 8.61. The first-order valence-corrected chi connectivity index (χ1v) is 19.0. The van der Waals surface area contributed by atoms with Gasteiger partial charge in [-0.15, -0.1) is 0 Å². The quantitative estimate of drug-likeness (QED) is 0.0540. The van der Waals surface area contributed by atoms with Gasteiger partial charge in [0.05, 0.1) is 58.8 Å². The van der Waals surface area contributed by atoms with E-state index in [-0.39, 0.29) is 87.9 Å². The van der Waals surface area contributed by atoms with Crippen molar-refractivity contribution in [3.8, 4) is 0 Å². The van der Waals surface area contributed by atoms with Crippen molar-refractivity contribution in [2.45, 2.75) is 73.1 Å². The molecule has 1 aliphatic rings. The molecule has 3 atom stereocenters. The molecule has 6 amide bonds. The van der Waals surface area contributed by atoms with Gasteiger partial charge in [0, 0.05) is 43.8 Å². The molecule has 56 heavy (non-hydrogen) atoms. The van der Waals surface area contributed by atoms with Gasteiger partial charge in [0.2, 0.25) is 23.6 Å². The molecule has 17 heteroatoms. The van der Waals surface area contributed by atoms with E-state index in [1.165, 1.54) is 12.2 Å². The summed E-state index contributed by atoms with van der Waals surface area (Å²) in [6, 6.07) is 5.12. The Balaban J connectivity index is 1.49. The van der Waals surface area contributed by atoms with Crippen molar-refractivity contribution in [3.63, 3.8) is 0 Å². The molecule has 2 rings (SSSR count). The molecule has 1 aromatic rings. The number of nitrogens with zero attached hydrogens (tertiary/aromatic N) is 1. The third kappa shape index (κ3) is 18.8. The first-order valence-electron chi connectivity index (χ1n) is 19.0. The Morgan fingerprint density at radius 1 is 0.643 bits per heavy atom. The molecule has 0 spiro atoms. The van der Waals surface area contributed by atoms with Crippen molar-refractivity contribution in [1.82, 2.24) is 20.9 Å². The number of rotatable bonds is 28. The van der Waals surface area contributed by atoms with Crippen LogP contribution in [0.5, 0.6) is 0 Å². The average molecular weight is 790 g/mol. The van der Waals surface area contributed by atoms with Gasteiger partial charge in [-0.3, -0.25) is 38.5 Å². The fourth-order valence-corrected chi connectivity index (χ4v) is 4.78. The molecule has 0 bridgehead atoms. The fraction of sp³-hybridized carbons (Fsp3) is 0.615. The van der Waals surface area contributed by atoms with Crippen molar-refractivity contribution in [2.75, 3.05) is 71.3 Å². The number of esters is 1. The lowest BCUT2D eigenvalue weighted by molar-refractivity contribution is -0.150. The van der Waals surface area contributed by atoms with Crippen LogP contribution in [0.4, 0.5) is 5.69 Å². The predicted molar refractivity (Wildman–Crippen MR) is 205 cm³/mol. The summed E-state index contributed by atoms with van der Waals surface area (Å²) in [7, 11) is 0. The summed E-state index contributed by atoms with van der Waals surface area (Å²) in [5.74, 6) is -2.96. The van der Waals surface area contributed by atoms with Crippen LogP contribution >= 0.6 is 0 Å². The number of carbonyl (C=O) groups is 7. The number of hydrogen-bond acceptors (Lipinski definition) is 12. The molecule has 1 aliphatic heterocycles. The summed E-state index contributed by atoms with van der Waals surface area (Å²) >= 11 is 0. The van der Waals surface area contributed by atoms with Gasteiger partial charge >= 0.3 is 5.97 Å². The Morgan fingerprint density at radius 2 is 1.20 bits per heavy atom. The molecule has 1 unspecified atom stereocenters. The minimum absolute atomic E-state index is 0.0205. The number of benzene rings is 1. The summed E-state index contributed by atoms with van der Waals surface area (Å²) in [4.78, 5) is 86.3. The number of amides is 6. The first kappa shape index (κ1) is 47.4. The van der Waals surface area contributed by atoms with E-state index in [2.05, 4.69) is 21.3 Å². The zero-order chi connectivity index (χ0) is 41.5. The molecule has 0 radical (unpaired) electrons. The van der Waals surface area contributed by atoms with E-state index < -0.39 is 35.7 Å². The molecule has 1 aromatic carbocycles. The fourth-order valence-electron chi connectivity index (χ4n) is 4.78. The van der Waals surface area contributed by atoms with Crippen LogP contribution in [-0.2, 0) is 63.9 Å². The van der Waals surface area contributed by atoms with Crippen LogP contribution in [0.25, 0.3) is 0 Å². The molecule has 4 N–H and O–H groups in total. The van der Waals surface area contributed by atoms with Crippen LogP contribution in [-0.4, -0.2) is 124 Å². The van der Waals surface area contributed by atoms with Crippen molar-refractivity contribution < 1.29 is 57.2 Å². The Labute approximate surface area is 328 Å². The number of anilines is 1. The second-order valence-electron chi connectivity index (χ2n) is 13.8.